The molecule has 1 aromatic rings. The molecule has 106 valence electrons. The quantitative estimate of drug-likeness (QED) is 0.353. The number of benzene rings is 1. The lowest BCUT2D eigenvalue weighted by Crippen LogP contribution is -2.28. The number of carbonyl (C=O) groups excluding carboxylic acids is 1. The summed E-state index contributed by atoms with van der Waals surface area (Å²) in [6.45, 7) is 1.80. The van der Waals surface area contributed by atoms with E-state index < -0.39 is 5.91 Å². The van der Waals surface area contributed by atoms with Crippen molar-refractivity contribution in [2.45, 2.75) is 19.4 Å². The summed E-state index contributed by atoms with van der Waals surface area (Å²) in [4.78, 5) is 11.9. The van der Waals surface area contributed by atoms with Crippen LogP contribution in [0.25, 0.3) is 0 Å². The van der Waals surface area contributed by atoms with Gasteiger partial charge in [0.25, 0.3) is 5.91 Å². The van der Waals surface area contributed by atoms with Gasteiger partial charge >= 0.3 is 0 Å². The minimum absolute atomic E-state index is 0.0781. The van der Waals surface area contributed by atoms with E-state index in [0.29, 0.717) is 12.1 Å². The van der Waals surface area contributed by atoms with E-state index in [9.17, 15) is 4.79 Å². The first kappa shape index (κ1) is 15.5. The van der Waals surface area contributed by atoms with Gasteiger partial charge in [0.1, 0.15) is 17.4 Å². The number of rotatable bonds is 6. The molecular weight excluding hydrogens is 258 g/mol. The summed E-state index contributed by atoms with van der Waals surface area (Å²) >= 11 is 0. The van der Waals surface area contributed by atoms with Crippen molar-refractivity contribution in [2.24, 2.45) is 0 Å². The maximum Gasteiger partial charge on any atom is 0.267 e. The zero-order valence-electron chi connectivity index (χ0n) is 11.1. The maximum atomic E-state index is 11.9. The van der Waals surface area contributed by atoms with Crippen LogP contribution in [0.4, 0.5) is 5.69 Å². The molecule has 6 heteroatoms. The number of nitriles is 1. The Kier molecular flexibility index (Phi) is 6.07. The minimum atomic E-state index is -0.557. The Balaban J connectivity index is 2.70. The van der Waals surface area contributed by atoms with Gasteiger partial charge in [0.05, 0.1) is 6.61 Å². The zero-order valence-corrected chi connectivity index (χ0v) is 11.1. The van der Waals surface area contributed by atoms with Crippen molar-refractivity contribution in [1.29, 1.82) is 5.26 Å². The molecule has 1 amide bonds. The molecule has 0 aromatic heterocycles. The van der Waals surface area contributed by atoms with Gasteiger partial charge in [-0.2, -0.15) is 5.26 Å². The molecule has 1 unspecified atom stereocenters. The molecule has 0 fully saturated rings. The van der Waals surface area contributed by atoms with Crippen LogP contribution in [-0.2, 0) is 4.79 Å². The lowest BCUT2D eigenvalue weighted by atomic mass is 10.2. The van der Waals surface area contributed by atoms with Crippen molar-refractivity contribution >= 4 is 11.6 Å². The van der Waals surface area contributed by atoms with E-state index in [4.69, 9.17) is 15.5 Å². The summed E-state index contributed by atoms with van der Waals surface area (Å²) in [6, 6.07) is 7.52. The third-order valence-corrected chi connectivity index (χ3v) is 2.67. The Bertz CT molecular complexity index is 513. The first-order valence-corrected chi connectivity index (χ1v) is 6.18. The number of hydrogen-bond acceptors (Lipinski definition) is 5. The predicted octanol–water partition coefficient (Wildman–Crippen LogP) is 1.10. The SMILES string of the molecule is CCC(CO)N/C=C(/C#N)C(=O)Nc1ccc(O)cc1. The summed E-state index contributed by atoms with van der Waals surface area (Å²) in [5, 5.41) is 32.5. The Morgan fingerprint density at radius 1 is 1.45 bits per heavy atom. The normalized spacial score (nSPS) is 12.3. The van der Waals surface area contributed by atoms with Crippen LogP contribution in [0.15, 0.2) is 36.0 Å². The molecule has 0 radical (unpaired) electrons. The lowest BCUT2D eigenvalue weighted by Gasteiger charge is -2.12. The Morgan fingerprint density at radius 3 is 2.60 bits per heavy atom. The standard InChI is InChI=1S/C14H17N3O3/c1-2-11(9-18)16-8-10(7-15)14(20)17-12-3-5-13(19)6-4-12/h3-6,8,11,16,18-19H,2,9H2,1H3,(H,17,20)/b10-8-. The van der Waals surface area contributed by atoms with Crippen LogP contribution in [0.2, 0.25) is 0 Å². The zero-order chi connectivity index (χ0) is 15.0. The molecule has 1 aromatic carbocycles. The fourth-order valence-corrected chi connectivity index (χ4v) is 1.39. The van der Waals surface area contributed by atoms with E-state index in [1.54, 1.807) is 6.07 Å². The second-order valence-electron chi connectivity index (χ2n) is 4.13. The summed E-state index contributed by atoms with van der Waals surface area (Å²) in [6.07, 6.45) is 1.96. The largest absolute Gasteiger partial charge is 0.508 e. The number of phenols is 1. The first-order chi connectivity index (χ1) is 9.60. The van der Waals surface area contributed by atoms with Gasteiger partial charge in [-0.1, -0.05) is 6.92 Å². The predicted molar refractivity (Wildman–Crippen MR) is 74.7 cm³/mol. The third kappa shape index (κ3) is 4.63. The number of phenolic OH excluding ortho intramolecular Hbond substituents is 1. The van der Waals surface area contributed by atoms with Crippen LogP contribution in [0.1, 0.15) is 13.3 Å². The second kappa shape index (κ2) is 7.81. The summed E-state index contributed by atoms with van der Waals surface area (Å²) in [5.74, 6) is -0.465. The average Bonchev–Trinajstić information content (AvgIpc) is 2.46. The van der Waals surface area contributed by atoms with Crippen molar-refractivity contribution in [1.82, 2.24) is 5.32 Å². The molecule has 0 saturated heterocycles. The van der Waals surface area contributed by atoms with Gasteiger partial charge in [-0.05, 0) is 30.7 Å². The fourth-order valence-electron chi connectivity index (χ4n) is 1.39. The van der Waals surface area contributed by atoms with E-state index in [-0.39, 0.29) is 24.0 Å². The van der Waals surface area contributed by atoms with Crippen LogP contribution in [0.5, 0.6) is 5.75 Å². The van der Waals surface area contributed by atoms with Gasteiger partial charge in [0, 0.05) is 17.9 Å². The highest BCUT2D eigenvalue weighted by Crippen LogP contribution is 2.14. The third-order valence-electron chi connectivity index (χ3n) is 2.67. The molecule has 6 nitrogen and oxygen atoms in total. The molecule has 0 spiro atoms. The van der Waals surface area contributed by atoms with Gasteiger partial charge < -0.3 is 20.8 Å². The van der Waals surface area contributed by atoms with E-state index >= 15 is 0 Å². The maximum absolute atomic E-state index is 11.9. The van der Waals surface area contributed by atoms with Crippen molar-refractivity contribution in [2.75, 3.05) is 11.9 Å². The fraction of sp³-hybridized carbons (Fsp3) is 0.286. The number of amides is 1. The van der Waals surface area contributed by atoms with Crippen molar-refractivity contribution in [3.8, 4) is 11.8 Å². The van der Waals surface area contributed by atoms with Crippen molar-refractivity contribution in [3.05, 3.63) is 36.0 Å². The molecule has 0 aliphatic rings. The van der Waals surface area contributed by atoms with Crippen LogP contribution in [-0.4, -0.2) is 28.8 Å². The number of nitrogens with one attached hydrogen (secondary N) is 2. The van der Waals surface area contributed by atoms with Gasteiger partial charge in [0.15, 0.2) is 0 Å². The van der Waals surface area contributed by atoms with Gasteiger partial charge in [-0.3, -0.25) is 4.79 Å². The van der Waals surface area contributed by atoms with Crippen LogP contribution in [0.3, 0.4) is 0 Å². The average molecular weight is 275 g/mol. The van der Waals surface area contributed by atoms with Gasteiger partial charge in [0.2, 0.25) is 0 Å². The van der Waals surface area contributed by atoms with Gasteiger partial charge in [-0.25, -0.2) is 0 Å². The van der Waals surface area contributed by atoms with E-state index in [2.05, 4.69) is 10.6 Å². The van der Waals surface area contributed by atoms with Crippen LogP contribution in [0, 0.1) is 11.3 Å². The first-order valence-electron chi connectivity index (χ1n) is 6.18. The molecule has 0 aliphatic carbocycles. The Labute approximate surface area is 117 Å². The van der Waals surface area contributed by atoms with Crippen molar-refractivity contribution in [3.63, 3.8) is 0 Å². The van der Waals surface area contributed by atoms with Crippen molar-refractivity contribution < 1.29 is 15.0 Å². The number of anilines is 1. The number of aromatic hydroxyl groups is 1. The van der Waals surface area contributed by atoms with E-state index in [1.807, 2.05) is 6.92 Å². The minimum Gasteiger partial charge on any atom is -0.508 e. The number of hydrogen-bond donors (Lipinski definition) is 4. The molecular formula is C14H17N3O3. The summed E-state index contributed by atoms with van der Waals surface area (Å²) in [5.41, 5.74) is 0.383. The van der Waals surface area contributed by atoms with Gasteiger partial charge in [-0.15, -0.1) is 0 Å². The van der Waals surface area contributed by atoms with Crippen LogP contribution < -0.4 is 10.6 Å². The van der Waals surface area contributed by atoms with E-state index in [1.165, 1.54) is 30.5 Å². The number of aliphatic hydroxyl groups is 1. The lowest BCUT2D eigenvalue weighted by molar-refractivity contribution is -0.112. The molecule has 0 heterocycles. The summed E-state index contributed by atoms with van der Waals surface area (Å²) < 4.78 is 0. The molecule has 0 aliphatic heterocycles. The Hall–Kier alpha value is -2.52. The highest BCUT2D eigenvalue weighted by Gasteiger charge is 2.10. The highest BCUT2D eigenvalue weighted by atomic mass is 16.3. The summed E-state index contributed by atoms with van der Waals surface area (Å²) in [7, 11) is 0. The number of nitrogens with zero attached hydrogens (tertiary/aromatic N) is 1. The van der Waals surface area contributed by atoms with E-state index in [0.717, 1.165) is 0 Å². The monoisotopic (exact) mass is 275 g/mol. The smallest absolute Gasteiger partial charge is 0.267 e. The number of carbonyl (C=O) groups is 1. The number of aliphatic hydroxyl groups excluding tert-OH is 1. The molecule has 0 saturated carbocycles. The molecule has 0 bridgehead atoms. The Morgan fingerprint density at radius 2 is 2.10 bits per heavy atom. The molecule has 1 atom stereocenters. The molecule has 1 rings (SSSR count). The molecule has 20 heavy (non-hydrogen) atoms. The highest BCUT2D eigenvalue weighted by molar-refractivity contribution is 6.06. The van der Waals surface area contributed by atoms with Crippen LogP contribution >= 0.6 is 0 Å². The molecule has 4 N–H and O–H groups in total. The second-order valence-corrected chi connectivity index (χ2v) is 4.13. The topological polar surface area (TPSA) is 105 Å².